The van der Waals surface area contributed by atoms with Gasteiger partial charge in [-0.2, -0.15) is 0 Å². The zero-order valence-corrected chi connectivity index (χ0v) is 20.9. The highest BCUT2D eigenvalue weighted by Crippen LogP contribution is 2.30. The smallest absolute Gasteiger partial charge is 0.265 e. The van der Waals surface area contributed by atoms with Gasteiger partial charge < -0.3 is 15.0 Å². The maximum atomic E-state index is 13.0. The number of aromatic nitrogens is 2. The molecule has 0 aliphatic carbocycles. The molecule has 0 radical (unpaired) electrons. The molecule has 33 heavy (non-hydrogen) atoms. The van der Waals surface area contributed by atoms with Crippen molar-refractivity contribution in [3.05, 3.63) is 58.8 Å². The molecular weight excluding hydrogens is 506 g/mol. The number of halogens is 1. The molecule has 1 saturated heterocycles. The molecule has 2 heterocycles. The minimum absolute atomic E-state index is 0.0758. The molecule has 174 valence electrons. The lowest BCUT2D eigenvalue weighted by Crippen LogP contribution is -2.19. The number of benzene rings is 2. The molecule has 1 aliphatic rings. The Labute approximate surface area is 202 Å². The van der Waals surface area contributed by atoms with Gasteiger partial charge in [0.1, 0.15) is 28.1 Å². The predicted molar refractivity (Wildman–Crippen MR) is 134 cm³/mol. The molecule has 1 aliphatic heterocycles. The van der Waals surface area contributed by atoms with Gasteiger partial charge in [-0.15, -0.1) is 0 Å². The van der Waals surface area contributed by atoms with Crippen LogP contribution in [0.3, 0.4) is 0 Å². The number of ether oxygens (including phenoxy) is 1. The van der Waals surface area contributed by atoms with Gasteiger partial charge in [0, 0.05) is 35.0 Å². The molecule has 2 aromatic carbocycles. The van der Waals surface area contributed by atoms with Gasteiger partial charge in [0.2, 0.25) is 0 Å². The normalized spacial score (nSPS) is 13.7. The Morgan fingerprint density at radius 3 is 2.42 bits per heavy atom. The van der Waals surface area contributed by atoms with Crippen LogP contribution in [0.15, 0.2) is 57.9 Å². The first kappa shape index (κ1) is 23.3. The first-order valence-corrected chi connectivity index (χ1v) is 13.0. The summed E-state index contributed by atoms with van der Waals surface area (Å²) in [6, 6.07) is 13.9. The number of anilines is 4. The third-order valence-electron chi connectivity index (χ3n) is 5.16. The van der Waals surface area contributed by atoms with Gasteiger partial charge in [-0.25, -0.2) is 18.4 Å². The minimum Gasteiger partial charge on any atom is -0.492 e. The maximum Gasteiger partial charge on any atom is 0.265 e. The molecule has 8 nitrogen and oxygen atoms in total. The van der Waals surface area contributed by atoms with Crippen molar-refractivity contribution in [3.63, 3.8) is 0 Å². The van der Waals surface area contributed by atoms with E-state index in [0.29, 0.717) is 34.2 Å². The average molecular weight is 532 g/mol. The van der Waals surface area contributed by atoms with Gasteiger partial charge in [-0.3, -0.25) is 4.72 Å². The molecule has 0 bridgehead atoms. The summed E-state index contributed by atoms with van der Waals surface area (Å²) in [7, 11) is -3.83. The highest BCUT2D eigenvalue weighted by Gasteiger charge is 2.20. The average Bonchev–Trinajstić information content (AvgIpc) is 3.31. The summed E-state index contributed by atoms with van der Waals surface area (Å²) < 4.78 is 34.7. The third kappa shape index (κ3) is 5.75. The van der Waals surface area contributed by atoms with Crippen molar-refractivity contribution in [2.24, 2.45) is 0 Å². The molecule has 1 aromatic heterocycles. The Morgan fingerprint density at radius 1 is 1.03 bits per heavy atom. The second-order valence-electron chi connectivity index (χ2n) is 7.68. The highest BCUT2D eigenvalue weighted by atomic mass is 79.9. The monoisotopic (exact) mass is 531 g/mol. The fraction of sp³-hybridized carbons (Fsp3) is 0.304. The summed E-state index contributed by atoms with van der Waals surface area (Å²) in [6.45, 7) is 6.07. The van der Waals surface area contributed by atoms with Crippen LogP contribution in [0, 0.1) is 6.92 Å². The fourth-order valence-corrected chi connectivity index (χ4v) is 5.41. The van der Waals surface area contributed by atoms with E-state index >= 15 is 0 Å². The van der Waals surface area contributed by atoms with Gasteiger partial charge in [0.15, 0.2) is 0 Å². The maximum absolute atomic E-state index is 13.0. The van der Waals surface area contributed by atoms with Gasteiger partial charge in [0.25, 0.3) is 10.0 Å². The Bertz CT molecular complexity index is 1230. The molecule has 0 amide bonds. The van der Waals surface area contributed by atoms with E-state index in [0.717, 1.165) is 24.6 Å². The van der Waals surface area contributed by atoms with Crippen LogP contribution >= 0.6 is 15.9 Å². The molecule has 0 unspecified atom stereocenters. The summed E-state index contributed by atoms with van der Waals surface area (Å²) >= 11 is 3.33. The lowest BCUT2D eigenvalue weighted by Gasteiger charge is -2.18. The molecule has 0 saturated carbocycles. The summed E-state index contributed by atoms with van der Waals surface area (Å²) in [5, 5.41) is 3.28. The van der Waals surface area contributed by atoms with E-state index in [-0.39, 0.29) is 4.90 Å². The van der Waals surface area contributed by atoms with E-state index in [1.54, 1.807) is 36.4 Å². The minimum atomic E-state index is -3.83. The Kier molecular flexibility index (Phi) is 7.04. The Hall–Kier alpha value is -2.85. The summed E-state index contributed by atoms with van der Waals surface area (Å²) in [6.07, 6.45) is 2.35. The summed E-state index contributed by atoms with van der Waals surface area (Å²) in [5.74, 6) is 2.63. The zero-order chi connectivity index (χ0) is 23.4. The standard InChI is InChI=1S/C23H26BrN5O3S/c1-3-32-20-11-6-17(24)14-21(20)33(30,31)28-19-9-7-18(8-10-19)27-22-15-23(26-16(2)25-22)29-12-4-5-13-29/h6-11,14-15,28H,3-5,12-13H2,1-2H3,(H,25,26,27). The van der Waals surface area contributed by atoms with Crippen molar-refractivity contribution in [1.82, 2.24) is 9.97 Å². The Morgan fingerprint density at radius 2 is 1.73 bits per heavy atom. The van der Waals surface area contributed by atoms with Crippen molar-refractivity contribution in [2.45, 2.75) is 31.6 Å². The van der Waals surface area contributed by atoms with Crippen molar-refractivity contribution >= 4 is 49.0 Å². The van der Waals surface area contributed by atoms with Crippen molar-refractivity contribution in [1.29, 1.82) is 0 Å². The number of rotatable bonds is 8. The zero-order valence-electron chi connectivity index (χ0n) is 18.5. The fourth-order valence-electron chi connectivity index (χ4n) is 3.67. The topological polar surface area (TPSA) is 96.5 Å². The molecular formula is C23H26BrN5O3S. The van der Waals surface area contributed by atoms with E-state index in [4.69, 9.17) is 4.74 Å². The van der Waals surface area contributed by atoms with Crippen molar-refractivity contribution in [2.75, 3.05) is 34.6 Å². The number of sulfonamides is 1. The summed E-state index contributed by atoms with van der Waals surface area (Å²) in [4.78, 5) is 11.4. The van der Waals surface area contributed by atoms with Gasteiger partial charge >= 0.3 is 0 Å². The second-order valence-corrected chi connectivity index (χ2v) is 10.3. The predicted octanol–water partition coefficient (Wildman–Crippen LogP) is 5.09. The van der Waals surface area contributed by atoms with Crippen LogP contribution in [0.25, 0.3) is 0 Å². The van der Waals surface area contributed by atoms with Crippen LogP contribution in [0.5, 0.6) is 5.75 Å². The van der Waals surface area contributed by atoms with E-state index in [1.807, 2.05) is 19.9 Å². The lowest BCUT2D eigenvalue weighted by atomic mass is 10.3. The molecule has 10 heteroatoms. The molecule has 4 rings (SSSR count). The van der Waals surface area contributed by atoms with Gasteiger partial charge in [-0.1, -0.05) is 15.9 Å². The van der Waals surface area contributed by atoms with Gasteiger partial charge in [-0.05, 0) is 69.2 Å². The quantitative estimate of drug-likeness (QED) is 0.417. The van der Waals surface area contributed by atoms with E-state index < -0.39 is 10.0 Å². The van der Waals surface area contributed by atoms with E-state index in [1.165, 1.54) is 18.9 Å². The lowest BCUT2D eigenvalue weighted by molar-refractivity contribution is 0.331. The number of aryl methyl sites for hydroxylation is 1. The number of hydrogen-bond acceptors (Lipinski definition) is 7. The van der Waals surface area contributed by atoms with Crippen molar-refractivity contribution in [3.8, 4) is 5.75 Å². The number of nitrogens with zero attached hydrogens (tertiary/aromatic N) is 3. The van der Waals surface area contributed by atoms with Crippen molar-refractivity contribution < 1.29 is 13.2 Å². The largest absolute Gasteiger partial charge is 0.492 e. The highest BCUT2D eigenvalue weighted by molar-refractivity contribution is 9.10. The van der Waals surface area contributed by atoms with Crippen LogP contribution in [-0.2, 0) is 10.0 Å². The molecule has 3 aromatic rings. The number of hydrogen-bond donors (Lipinski definition) is 2. The third-order valence-corrected chi connectivity index (χ3v) is 7.05. The molecule has 0 spiro atoms. The Balaban J connectivity index is 1.50. The molecule has 1 fully saturated rings. The van der Waals surface area contributed by atoms with Crippen LogP contribution in [-0.4, -0.2) is 38.1 Å². The van der Waals surface area contributed by atoms with Crippen LogP contribution in [0.4, 0.5) is 23.0 Å². The number of nitrogens with one attached hydrogen (secondary N) is 2. The van der Waals surface area contributed by atoms with Crippen LogP contribution in [0.1, 0.15) is 25.6 Å². The summed E-state index contributed by atoms with van der Waals surface area (Å²) in [5.41, 5.74) is 1.24. The second kappa shape index (κ2) is 9.96. The van der Waals surface area contributed by atoms with Crippen LogP contribution < -0.4 is 19.7 Å². The van der Waals surface area contributed by atoms with Gasteiger partial charge in [0.05, 0.1) is 6.61 Å². The first-order valence-electron chi connectivity index (χ1n) is 10.8. The molecule has 2 N–H and O–H groups in total. The molecule has 0 atom stereocenters. The van der Waals surface area contributed by atoms with Crippen LogP contribution in [0.2, 0.25) is 0 Å². The SMILES string of the molecule is CCOc1ccc(Br)cc1S(=O)(=O)Nc1ccc(Nc2cc(N3CCCC3)nc(C)n2)cc1. The van der Waals surface area contributed by atoms with E-state index in [9.17, 15) is 8.42 Å². The first-order chi connectivity index (χ1) is 15.8. The van der Waals surface area contributed by atoms with E-state index in [2.05, 4.69) is 40.8 Å².